The highest BCUT2D eigenvalue weighted by Crippen LogP contribution is 2.32. The molecule has 0 radical (unpaired) electrons. The van der Waals surface area contributed by atoms with Crippen LogP contribution in [0.25, 0.3) is 10.2 Å². The van der Waals surface area contributed by atoms with E-state index in [0.717, 1.165) is 35.6 Å². The number of ether oxygens (including phenoxy) is 1. The molecule has 0 spiro atoms. The van der Waals surface area contributed by atoms with Crippen molar-refractivity contribution in [3.8, 4) is 0 Å². The summed E-state index contributed by atoms with van der Waals surface area (Å²) in [7, 11) is -4.03. The predicted molar refractivity (Wildman–Crippen MR) is 140 cm³/mol. The van der Waals surface area contributed by atoms with E-state index in [1.165, 1.54) is 28.8 Å². The molecule has 0 aliphatic carbocycles. The van der Waals surface area contributed by atoms with Gasteiger partial charge in [0.15, 0.2) is 4.80 Å². The van der Waals surface area contributed by atoms with Gasteiger partial charge in [0.1, 0.15) is 12.4 Å². The fourth-order valence-corrected chi connectivity index (χ4v) is 6.07. The van der Waals surface area contributed by atoms with Crippen molar-refractivity contribution in [2.75, 3.05) is 11.3 Å². The number of hydrogen-bond donors (Lipinski definition) is 1. The first-order valence-electron chi connectivity index (χ1n) is 10.7. The number of anilines is 1. The number of esters is 1. The summed E-state index contributed by atoms with van der Waals surface area (Å²) < 4.78 is 47.8. The molecule has 0 aliphatic heterocycles. The van der Waals surface area contributed by atoms with E-state index in [1.807, 2.05) is 0 Å². The normalized spacial score (nSPS) is 12.1. The van der Waals surface area contributed by atoms with Crippen molar-refractivity contribution in [3.05, 3.63) is 86.9 Å². The molecular weight excluding hydrogens is 564 g/mol. The molecule has 4 rings (SSSR count). The minimum absolute atomic E-state index is 0.0802. The van der Waals surface area contributed by atoms with Gasteiger partial charge in [-0.2, -0.15) is 4.99 Å². The van der Waals surface area contributed by atoms with E-state index in [2.05, 4.69) is 9.71 Å². The van der Waals surface area contributed by atoms with Crippen LogP contribution in [0.2, 0.25) is 10.0 Å². The van der Waals surface area contributed by atoms with Crippen molar-refractivity contribution in [1.82, 2.24) is 4.57 Å². The summed E-state index contributed by atoms with van der Waals surface area (Å²) in [4.78, 5) is 29.5. The third kappa shape index (κ3) is 6.02. The van der Waals surface area contributed by atoms with Crippen LogP contribution in [0.3, 0.4) is 0 Å². The second-order valence-electron chi connectivity index (χ2n) is 7.54. The molecule has 0 unspecified atom stereocenters. The second-order valence-corrected chi connectivity index (χ2v) is 11.0. The number of carbonyl (C=O) groups is 2. The van der Waals surface area contributed by atoms with Crippen LogP contribution in [0.4, 0.5) is 10.1 Å². The Balaban J connectivity index is 1.72. The molecule has 4 aromatic rings. The molecule has 0 bridgehead atoms. The lowest BCUT2D eigenvalue weighted by Crippen LogP contribution is -2.23. The monoisotopic (exact) mass is 581 g/mol. The van der Waals surface area contributed by atoms with Gasteiger partial charge in [-0.3, -0.25) is 14.3 Å². The zero-order valence-electron chi connectivity index (χ0n) is 19.1. The molecule has 3 aromatic carbocycles. The Hall–Kier alpha value is -3.25. The first-order chi connectivity index (χ1) is 17.6. The fourth-order valence-electron chi connectivity index (χ4n) is 3.37. The predicted octanol–water partition coefficient (Wildman–Crippen LogP) is 5.25. The maximum atomic E-state index is 13.2. The van der Waals surface area contributed by atoms with E-state index >= 15 is 0 Å². The van der Waals surface area contributed by atoms with Crippen LogP contribution in [-0.2, 0) is 26.1 Å². The third-order valence-electron chi connectivity index (χ3n) is 5.00. The van der Waals surface area contributed by atoms with Gasteiger partial charge >= 0.3 is 5.97 Å². The molecule has 0 aliphatic rings. The molecule has 0 atom stereocenters. The molecule has 8 nitrogen and oxygen atoms in total. The number of nitrogens with zero attached hydrogens (tertiary/aromatic N) is 2. The minimum Gasteiger partial charge on any atom is -0.465 e. The Morgan fingerprint density at radius 3 is 2.49 bits per heavy atom. The molecule has 1 aromatic heterocycles. The zero-order valence-corrected chi connectivity index (χ0v) is 22.2. The maximum Gasteiger partial charge on any atom is 0.326 e. The lowest BCUT2D eigenvalue weighted by atomic mass is 10.2. The van der Waals surface area contributed by atoms with Gasteiger partial charge in [-0.05, 0) is 61.5 Å². The Labute approximate surface area is 225 Å². The van der Waals surface area contributed by atoms with E-state index in [9.17, 15) is 22.4 Å². The number of carbonyl (C=O) groups excluding carboxylic acids is 2. The summed E-state index contributed by atoms with van der Waals surface area (Å²) >= 11 is 13.8. The number of amides is 1. The van der Waals surface area contributed by atoms with Crippen LogP contribution < -0.4 is 9.52 Å². The molecule has 0 saturated heterocycles. The second kappa shape index (κ2) is 11.0. The minimum atomic E-state index is -4.03. The quantitative estimate of drug-likeness (QED) is 0.300. The fraction of sp³-hybridized carbons (Fsp3) is 0.125. The van der Waals surface area contributed by atoms with Gasteiger partial charge in [-0.1, -0.05) is 40.6 Å². The lowest BCUT2D eigenvalue weighted by molar-refractivity contribution is -0.143. The smallest absolute Gasteiger partial charge is 0.326 e. The average Bonchev–Trinajstić information content (AvgIpc) is 3.20. The molecule has 0 fully saturated rings. The van der Waals surface area contributed by atoms with E-state index in [0.29, 0.717) is 20.3 Å². The molecule has 1 heterocycles. The van der Waals surface area contributed by atoms with Crippen molar-refractivity contribution in [1.29, 1.82) is 0 Å². The summed E-state index contributed by atoms with van der Waals surface area (Å²) in [6.07, 6.45) is 0. The number of benzene rings is 3. The summed E-state index contributed by atoms with van der Waals surface area (Å²) in [6.45, 7) is 1.59. The largest absolute Gasteiger partial charge is 0.465 e. The number of sulfonamides is 1. The van der Waals surface area contributed by atoms with E-state index in [4.69, 9.17) is 27.9 Å². The molecule has 1 amide bonds. The standard InChI is InChI=1S/C24H18Cl2FN3O5S2/c1-2-35-20(31)13-30-21-18(25)10-11-19(26)22(21)36-24(30)28-23(32)14-4-3-5-16(12-14)29-37(33,34)17-8-6-15(27)7-9-17/h3-12,29H,2,13H2,1H3. The Morgan fingerprint density at radius 1 is 1.08 bits per heavy atom. The zero-order chi connectivity index (χ0) is 26.7. The van der Waals surface area contributed by atoms with Crippen molar-refractivity contribution in [3.63, 3.8) is 0 Å². The molecule has 0 saturated carbocycles. The van der Waals surface area contributed by atoms with Gasteiger partial charge in [0.2, 0.25) is 0 Å². The highest BCUT2D eigenvalue weighted by Gasteiger charge is 2.18. The van der Waals surface area contributed by atoms with E-state index < -0.39 is 27.7 Å². The number of halogens is 3. The van der Waals surface area contributed by atoms with Crippen molar-refractivity contribution < 1.29 is 27.1 Å². The first-order valence-corrected chi connectivity index (χ1v) is 13.7. The molecule has 37 heavy (non-hydrogen) atoms. The van der Waals surface area contributed by atoms with E-state index in [-0.39, 0.29) is 34.1 Å². The van der Waals surface area contributed by atoms with Gasteiger partial charge in [-0.15, -0.1) is 0 Å². The molecule has 13 heteroatoms. The first kappa shape index (κ1) is 26.8. The Kier molecular flexibility index (Phi) is 7.98. The van der Waals surface area contributed by atoms with Gasteiger partial charge in [-0.25, -0.2) is 12.8 Å². The van der Waals surface area contributed by atoms with Crippen LogP contribution in [0.1, 0.15) is 17.3 Å². The molecule has 1 N–H and O–H groups in total. The van der Waals surface area contributed by atoms with Gasteiger partial charge in [0.25, 0.3) is 15.9 Å². The van der Waals surface area contributed by atoms with Crippen molar-refractivity contribution in [2.24, 2.45) is 4.99 Å². The van der Waals surface area contributed by atoms with E-state index in [1.54, 1.807) is 19.1 Å². The number of nitrogens with one attached hydrogen (secondary N) is 1. The summed E-state index contributed by atoms with van der Waals surface area (Å²) in [6, 6.07) is 13.2. The number of aromatic nitrogens is 1. The Morgan fingerprint density at radius 2 is 1.78 bits per heavy atom. The number of thiazole rings is 1. The van der Waals surface area contributed by atoms with Gasteiger partial charge < -0.3 is 9.30 Å². The molecular formula is C24H18Cl2FN3O5S2. The van der Waals surface area contributed by atoms with Crippen LogP contribution in [0.15, 0.2) is 70.6 Å². The van der Waals surface area contributed by atoms with Crippen molar-refractivity contribution in [2.45, 2.75) is 18.4 Å². The summed E-state index contributed by atoms with van der Waals surface area (Å²) in [5.41, 5.74) is 0.614. The lowest BCUT2D eigenvalue weighted by Gasteiger charge is -2.09. The Bertz CT molecular complexity index is 1680. The maximum absolute atomic E-state index is 13.2. The topological polar surface area (TPSA) is 107 Å². The number of fused-ring (bicyclic) bond motifs is 1. The van der Waals surface area contributed by atoms with Crippen LogP contribution in [0, 0.1) is 5.82 Å². The van der Waals surface area contributed by atoms with Crippen LogP contribution in [0.5, 0.6) is 0 Å². The SMILES string of the molecule is CCOC(=O)Cn1c(=NC(=O)c2cccc(NS(=O)(=O)c3ccc(F)cc3)c2)sc2c(Cl)ccc(Cl)c21. The highest BCUT2D eigenvalue weighted by molar-refractivity contribution is 7.92. The van der Waals surface area contributed by atoms with Crippen molar-refractivity contribution >= 4 is 72.3 Å². The number of hydrogen-bond acceptors (Lipinski definition) is 6. The molecule has 192 valence electrons. The number of rotatable bonds is 7. The van der Waals surface area contributed by atoms with Gasteiger partial charge in [0, 0.05) is 11.3 Å². The summed E-state index contributed by atoms with van der Waals surface area (Å²) in [5, 5.41) is 0.680. The highest BCUT2D eigenvalue weighted by atomic mass is 35.5. The van der Waals surface area contributed by atoms with Gasteiger partial charge in [0.05, 0.1) is 31.8 Å². The summed E-state index contributed by atoms with van der Waals surface area (Å²) in [5.74, 6) is -1.82. The van der Waals surface area contributed by atoms with Crippen LogP contribution >= 0.6 is 34.5 Å². The average molecular weight is 582 g/mol. The van der Waals surface area contributed by atoms with Crippen LogP contribution in [-0.4, -0.2) is 31.5 Å². The third-order valence-corrected chi connectivity index (χ3v) is 8.24.